The highest BCUT2D eigenvalue weighted by Crippen LogP contribution is 2.24. The van der Waals surface area contributed by atoms with Crippen LogP contribution in [-0.4, -0.2) is 38.1 Å². The summed E-state index contributed by atoms with van der Waals surface area (Å²) in [5, 5.41) is 0. The lowest BCUT2D eigenvalue weighted by atomic mass is 9.95. The second-order valence-corrected chi connectivity index (χ2v) is 9.50. The lowest BCUT2D eigenvalue weighted by Gasteiger charge is -2.35. The van der Waals surface area contributed by atoms with Gasteiger partial charge >= 0.3 is 0 Å². The Balaban J connectivity index is 1.61. The Morgan fingerprint density at radius 1 is 1.15 bits per heavy atom. The predicted molar refractivity (Wildman–Crippen MR) is 105 cm³/mol. The van der Waals surface area contributed by atoms with Gasteiger partial charge in [0.2, 0.25) is 0 Å². The third kappa shape index (κ3) is 5.70. The second kappa shape index (κ2) is 8.74. The third-order valence-electron chi connectivity index (χ3n) is 5.01. The van der Waals surface area contributed by atoms with Crippen molar-refractivity contribution in [3.05, 3.63) is 59.5 Å². The highest BCUT2D eigenvalue weighted by Gasteiger charge is 2.29. The van der Waals surface area contributed by atoms with Crippen molar-refractivity contribution in [1.82, 2.24) is 4.90 Å². The van der Waals surface area contributed by atoms with Gasteiger partial charge in [-0.1, -0.05) is 30.3 Å². The maximum Gasteiger partial charge on any atom is 0.289 e. The molecule has 0 aliphatic carbocycles. The number of benzene rings is 1. The Kier molecular flexibility index (Phi) is 6.37. The lowest BCUT2D eigenvalue weighted by molar-refractivity contribution is 0.0565. The Labute approximate surface area is 161 Å². The van der Waals surface area contributed by atoms with Gasteiger partial charge in [0.25, 0.3) is 5.91 Å². The normalized spacial score (nSPS) is 17.8. The van der Waals surface area contributed by atoms with E-state index in [2.05, 4.69) is 24.3 Å². The molecule has 1 aromatic heterocycles. The molecule has 1 aliphatic heterocycles. The van der Waals surface area contributed by atoms with E-state index in [1.807, 2.05) is 11.0 Å². The fourth-order valence-electron chi connectivity index (χ4n) is 3.72. The molecule has 2 heterocycles. The first-order valence-electron chi connectivity index (χ1n) is 9.54. The van der Waals surface area contributed by atoms with Gasteiger partial charge in [0.1, 0.15) is 11.5 Å². The third-order valence-corrected chi connectivity index (χ3v) is 5.82. The molecular formula is C21H27NO4S. The van der Waals surface area contributed by atoms with Gasteiger partial charge in [-0.2, -0.15) is 0 Å². The van der Waals surface area contributed by atoms with Crippen LogP contribution < -0.4 is 0 Å². The molecule has 0 bridgehead atoms. The van der Waals surface area contributed by atoms with Crippen molar-refractivity contribution in [2.24, 2.45) is 0 Å². The molecule has 27 heavy (non-hydrogen) atoms. The molecule has 0 radical (unpaired) electrons. The van der Waals surface area contributed by atoms with Gasteiger partial charge < -0.3 is 9.32 Å². The molecule has 0 spiro atoms. The van der Waals surface area contributed by atoms with E-state index in [0.29, 0.717) is 5.76 Å². The largest absolute Gasteiger partial charge is 0.455 e. The number of nitrogens with zero attached hydrogens (tertiary/aromatic N) is 1. The van der Waals surface area contributed by atoms with E-state index in [-0.39, 0.29) is 23.5 Å². The minimum absolute atomic E-state index is 0.126. The minimum atomic E-state index is -3.18. The fourth-order valence-corrected chi connectivity index (χ4v) is 4.40. The summed E-state index contributed by atoms with van der Waals surface area (Å²) >= 11 is 0. The molecule has 1 fully saturated rings. The van der Waals surface area contributed by atoms with Gasteiger partial charge in [0.05, 0.1) is 0 Å². The molecule has 5 nitrogen and oxygen atoms in total. The number of carbonyl (C=O) groups is 1. The number of piperidine rings is 1. The van der Waals surface area contributed by atoms with E-state index in [1.165, 1.54) is 5.56 Å². The number of hydrogen-bond acceptors (Lipinski definition) is 4. The minimum Gasteiger partial charge on any atom is -0.455 e. The van der Waals surface area contributed by atoms with Crippen LogP contribution in [0.25, 0.3) is 0 Å². The molecular weight excluding hydrogens is 362 g/mol. The molecule has 3 rings (SSSR count). The molecule has 2 aromatic rings. The van der Waals surface area contributed by atoms with Crippen molar-refractivity contribution in [3.63, 3.8) is 0 Å². The van der Waals surface area contributed by atoms with Gasteiger partial charge in [0, 0.05) is 18.8 Å². The molecule has 0 saturated carbocycles. The van der Waals surface area contributed by atoms with Gasteiger partial charge in [-0.3, -0.25) is 4.79 Å². The summed E-state index contributed by atoms with van der Waals surface area (Å²) in [7, 11) is -3.18. The van der Waals surface area contributed by atoms with Crippen molar-refractivity contribution in [1.29, 1.82) is 0 Å². The first-order chi connectivity index (χ1) is 12.9. The highest BCUT2D eigenvalue weighted by molar-refractivity contribution is 7.89. The standard InChI is InChI=1S/C21H27NO4S/c1-27(24,25)16-19-13-14-20(26-19)21(23)22-15-6-5-11-18(22)12-7-10-17-8-3-2-4-9-17/h2-4,8-9,13-14,18H,5-7,10-12,15-16H2,1H3/t18-/m0/s1. The second-order valence-electron chi connectivity index (χ2n) is 7.36. The molecule has 0 N–H and O–H groups in total. The molecule has 0 unspecified atom stereocenters. The van der Waals surface area contributed by atoms with E-state index >= 15 is 0 Å². The summed E-state index contributed by atoms with van der Waals surface area (Å²) in [4.78, 5) is 14.8. The lowest BCUT2D eigenvalue weighted by Crippen LogP contribution is -2.43. The summed E-state index contributed by atoms with van der Waals surface area (Å²) in [6.45, 7) is 0.733. The maximum atomic E-state index is 12.9. The van der Waals surface area contributed by atoms with E-state index in [0.717, 1.165) is 51.3 Å². The van der Waals surface area contributed by atoms with Crippen LogP contribution in [-0.2, 0) is 22.0 Å². The summed E-state index contributed by atoms with van der Waals surface area (Å²) in [6.07, 6.45) is 7.32. The van der Waals surface area contributed by atoms with Gasteiger partial charge in [-0.05, 0) is 56.2 Å². The SMILES string of the molecule is CS(=O)(=O)Cc1ccc(C(=O)N2CCCC[C@H]2CCCc2ccccc2)o1. The highest BCUT2D eigenvalue weighted by atomic mass is 32.2. The molecule has 1 atom stereocenters. The predicted octanol–water partition coefficient (Wildman–Crippen LogP) is 3.84. The fraction of sp³-hybridized carbons (Fsp3) is 0.476. The number of likely N-dealkylation sites (tertiary alicyclic amines) is 1. The van der Waals surface area contributed by atoms with E-state index < -0.39 is 9.84 Å². The van der Waals surface area contributed by atoms with E-state index in [1.54, 1.807) is 12.1 Å². The maximum absolute atomic E-state index is 12.9. The van der Waals surface area contributed by atoms with Crippen LogP contribution >= 0.6 is 0 Å². The Morgan fingerprint density at radius 3 is 2.67 bits per heavy atom. The number of sulfone groups is 1. The Hall–Kier alpha value is -2.08. The van der Waals surface area contributed by atoms with Crippen LogP contribution in [0.2, 0.25) is 0 Å². The smallest absolute Gasteiger partial charge is 0.289 e. The molecule has 1 aliphatic rings. The number of aryl methyl sites for hydroxylation is 1. The number of furan rings is 1. The van der Waals surface area contributed by atoms with Gasteiger partial charge in [0.15, 0.2) is 15.6 Å². The van der Waals surface area contributed by atoms with Crippen molar-refractivity contribution in [2.75, 3.05) is 12.8 Å². The number of hydrogen-bond donors (Lipinski definition) is 0. The van der Waals surface area contributed by atoms with Crippen molar-refractivity contribution >= 4 is 15.7 Å². The number of amides is 1. The zero-order chi connectivity index (χ0) is 19.3. The first-order valence-corrected chi connectivity index (χ1v) is 11.6. The van der Waals surface area contributed by atoms with Crippen molar-refractivity contribution in [2.45, 2.75) is 50.3 Å². The summed E-state index contributed by atoms with van der Waals surface area (Å²) in [5.74, 6) is 0.252. The quantitative estimate of drug-likeness (QED) is 0.721. The van der Waals surface area contributed by atoms with Crippen molar-refractivity contribution in [3.8, 4) is 0 Å². The van der Waals surface area contributed by atoms with Crippen LogP contribution in [0.4, 0.5) is 0 Å². The number of carbonyl (C=O) groups excluding carboxylic acids is 1. The van der Waals surface area contributed by atoms with E-state index in [9.17, 15) is 13.2 Å². The van der Waals surface area contributed by atoms with Gasteiger partial charge in [-0.15, -0.1) is 0 Å². The van der Waals surface area contributed by atoms with Crippen molar-refractivity contribution < 1.29 is 17.6 Å². The molecule has 1 saturated heterocycles. The molecule has 1 aromatic carbocycles. The van der Waals surface area contributed by atoms with Crippen LogP contribution in [0, 0.1) is 0 Å². The zero-order valence-electron chi connectivity index (χ0n) is 15.8. The summed E-state index contributed by atoms with van der Waals surface area (Å²) in [6, 6.07) is 13.8. The topological polar surface area (TPSA) is 67.6 Å². The molecule has 6 heteroatoms. The average Bonchev–Trinajstić information content (AvgIpc) is 3.09. The van der Waals surface area contributed by atoms with Gasteiger partial charge in [-0.25, -0.2) is 8.42 Å². The van der Waals surface area contributed by atoms with Crippen LogP contribution in [0.1, 0.15) is 54.0 Å². The van der Waals surface area contributed by atoms with E-state index in [4.69, 9.17) is 4.42 Å². The number of rotatable bonds is 7. The Bertz CT molecular complexity index is 857. The van der Waals surface area contributed by atoms with Crippen LogP contribution in [0.5, 0.6) is 0 Å². The average molecular weight is 390 g/mol. The zero-order valence-corrected chi connectivity index (χ0v) is 16.6. The molecule has 146 valence electrons. The van der Waals surface area contributed by atoms with Crippen LogP contribution in [0.3, 0.4) is 0 Å². The first kappa shape index (κ1) is 19.7. The molecule has 1 amide bonds. The summed E-state index contributed by atoms with van der Waals surface area (Å²) < 4.78 is 28.4. The summed E-state index contributed by atoms with van der Waals surface area (Å²) in [5.41, 5.74) is 1.32. The van der Waals surface area contributed by atoms with Crippen LogP contribution in [0.15, 0.2) is 46.9 Å². The monoisotopic (exact) mass is 389 g/mol. The Morgan fingerprint density at radius 2 is 1.93 bits per heavy atom.